The Morgan fingerprint density at radius 2 is 1.65 bits per heavy atom. The van der Waals surface area contributed by atoms with Gasteiger partial charge in [-0.15, -0.1) is 0 Å². The van der Waals surface area contributed by atoms with Crippen LogP contribution >= 0.6 is 0 Å². The van der Waals surface area contributed by atoms with Crippen LogP contribution in [0.5, 0.6) is 5.88 Å². The standard InChI is InChI=1S/C39H43N5O7/c1-6-49-35(46)24-32(28-15-9-7-10-16-28)43-25-34(45)44(29-17-11-8-12-18-29)31-20-19-27(23-30(31)36(43)47)14-13-21-50-33-22-26(2)40-37(41-33)42-38(48)51-39(3,4)5/h7-12,15-20,22-23,32H,6,13-14,21,24-25H2,1-5H3,(H,40,41,42,48). The summed E-state index contributed by atoms with van der Waals surface area (Å²) in [5, 5.41) is 2.54. The van der Waals surface area contributed by atoms with E-state index in [0.717, 1.165) is 11.1 Å². The first-order valence-corrected chi connectivity index (χ1v) is 16.9. The zero-order valence-corrected chi connectivity index (χ0v) is 29.5. The SMILES string of the molecule is CCOC(=O)CC(c1ccccc1)N1CC(=O)N(c2ccccc2)c2ccc(CCCOc3cc(C)nc(NC(=O)OC(C)(C)C)n3)cc2C1=O. The largest absolute Gasteiger partial charge is 0.478 e. The van der Waals surface area contributed by atoms with Crippen LogP contribution in [0.2, 0.25) is 0 Å². The quantitative estimate of drug-likeness (QED) is 0.123. The van der Waals surface area contributed by atoms with Gasteiger partial charge in [-0.05, 0) is 82.9 Å². The number of hydrogen-bond donors (Lipinski definition) is 1. The van der Waals surface area contributed by atoms with E-state index in [1.807, 2.05) is 72.8 Å². The molecule has 5 rings (SSSR count). The number of ether oxygens (including phenoxy) is 3. The Bertz CT molecular complexity index is 1860. The van der Waals surface area contributed by atoms with Crippen LogP contribution in [0.15, 0.2) is 84.9 Å². The molecule has 51 heavy (non-hydrogen) atoms. The maximum Gasteiger partial charge on any atom is 0.414 e. The van der Waals surface area contributed by atoms with E-state index in [2.05, 4.69) is 15.3 Å². The fourth-order valence-electron chi connectivity index (χ4n) is 5.77. The van der Waals surface area contributed by atoms with Gasteiger partial charge in [0.1, 0.15) is 12.1 Å². The number of fused-ring (bicyclic) bond motifs is 1. The van der Waals surface area contributed by atoms with E-state index in [4.69, 9.17) is 14.2 Å². The minimum atomic E-state index is -0.728. The lowest BCUT2D eigenvalue weighted by Crippen LogP contribution is -2.41. The molecule has 266 valence electrons. The highest BCUT2D eigenvalue weighted by Gasteiger charge is 2.37. The number of carbonyl (C=O) groups excluding carboxylic acids is 4. The Labute approximate surface area is 297 Å². The van der Waals surface area contributed by atoms with Crippen LogP contribution in [0.4, 0.5) is 22.1 Å². The van der Waals surface area contributed by atoms with Crippen LogP contribution in [-0.2, 0) is 25.5 Å². The predicted octanol–water partition coefficient (Wildman–Crippen LogP) is 6.96. The van der Waals surface area contributed by atoms with Crippen LogP contribution in [-0.4, -0.2) is 64.1 Å². The second-order valence-electron chi connectivity index (χ2n) is 13.0. The smallest absolute Gasteiger partial charge is 0.414 e. The molecule has 1 N–H and O–H groups in total. The Hall–Kier alpha value is -5.78. The summed E-state index contributed by atoms with van der Waals surface area (Å²) in [6, 6.07) is 24.8. The van der Waals surface area contributed by atoms with Crippen molar-refractivity contribution < 1.29 is 33.4 Å². The first-order chi connectivity index (χ1) is 24.4. The highest BCUT2D eigenvalue weighted by Crippen LogP contribution is 2.37. The van der Waals surface area contributed by atoms with Gasteiger partial charge in [-0.25, -0.2) is 9.78 Å². The van der Waals surface area contributed by atoms with E-state index >= 15 is 0 Å². The van der Waals surface area contributed by atoms with E-state index < -0.39 is 23.7 Å². The van der Waals surface area contributed by atoms with E-state index in [9.17, 15) is 19.2 Å². The highest BCUT2D eigenvalue weighted by atomic mass is 16.6. The minimum absolute atomic E-state index is 0.0716. The molecule has 0 spiro atoms. The number of rotatable bonds is 12. The summed E-state index contributed by atoms with van der Waals surface area (Å²) in [4.78, 5) is 65.1. The number of hydrogen-bond acceptors (Lipinski definition) is 9. The molecule has 1 aliphatic rings. The molecule has 2 heterocycles. The molecule has 1 unspecified atom stereocenters. The summed E-state index contributed by atoms with van der Waals surface area (Å²) < 4.78 is 16.5. The van der Waals surface area contributed by atoms with Gasteiger partial charge in [0.15, 0.2) is 0 Å². The van der Waals surface area contributed by atoms with Gasteiger partial charge in [0.05, 0.1) is 36.9 Å². The molecule has 0 saturated carbocycles. The minimum Gasteiger partial charge on any atom is -0.478 e. The number of amides is 3. The Balaban J connectivity index is 1.38. The second kappa shape index (κ2) is 16.3. The molecule has 0 radical (unpaired) electrons. The highest BCUT2D eigenvalue weighted by molar-refractivity contribution is 6.13. The average Bonchev–Trinajstić information content (AvgIpc) is 3.18. The Morgan fingerprint density at radius 3 is 2.33 bits per heavy atom. The second-order valence-corrected chi connectivity index (χ2v) is 13.0. The topological polar surface area (TPSA) is 140 Å². The molecule has 3 aromatic carbocycles. The van der Waals surface area contributed by atoms with E-state index in [1.165, 1.54) is 4.90 Å². The third-order valence-corrected chi connectivity index (χ3v) is 7.89. The van der Waals surface area contributed by atoms with Gasteiger partial charge in [0.25, 0.3) is 11.8 Å². The van der Waals surface area contributed by atoms with Crippen molar-refractivity contribution in [3.8, 4) is 5.88 Å². The van der Waals surface area contributed by atoms with E-state index in [-0.39, 0.29) is 37.3 Å². The van der Waals surface area contributed by atoms with Crippen LogP contribution in [0, 0.1) is 6.92 Å². The van der Waals surface area contributed by atoms with Crippen molar-refractivity contribution in [1.29, 1.82) is 0 Å². The van der Waals surface area contributed by atoms with Crippen molar-refractivity contribution in [3.63, 3.8) is 0 Å². The number of esters is 1. The first kappa shape index (κ1) is 36.5. The zero-order chi connectivity index (χ0) is 36.5. The van der Waals surface area contributed by atoms with Gasteiger partial charge in [-0.2, -0.15) is 4.98 Å². The predicted molar refractivity (Wildman–Crippen MR) is 192 cm³/mol. The van der Waals surface area contributed by atoms with Gasteiger partial charge in [-0.3, -0.25) is 24.6 Å². The van der Waals surface area contributed by atoms with Gasteiger partial charge < -0.3 is 19.1 Å². The van der Waals surface area contributed by atoms with Gasteiger partial charge in [0, 0.05) is 17.4 Å². The lowest BCUT2D eigenvalue weighted by molar-refractivity contribution is -0.144. The molecule has 0 saturated heterocycles. The number of benzene rings is 3. The molecule has 12 heteroatoms. The molecule has 0 fully saturated rings. The first-order valence-electron chi connectivity index (χ1n) is 16.9. The molecule has 3 amide bonds. The normalized spacial score (nSPS) is 13.6. The maximum atomic E-state index is 14.5. The summed E-state index contributed by atoms with van der Waals surface area (Å²) in [5.74, 6) is -0.764. The monoisotopic (exact) mass is 693 g/mol. The molecule has 0 bridgehead atoms. The summed E-state index contributed by atoms with van der Waals surface area (Å²) in [6.07, 6.45) is 0.355. The number of aromatic nitrogens is 2. The molecule has 0 aliphatic carbocycles. The van der Waals surface area contributed by atoms with Crippen molar-refractivity contribution in [1.82, 2.24) is 14.9 Å². The van der Waals surface area contributed by atoms with Gasteiger partial charge in [-0.1, -0.05) is 54.6 Å². The fourth-order valence-corrected chi connectivity index (χ4v) is 5.77. The summed E-state index contributed by atoms with van der Waals surface area (Å²) in [7, 11) is 0. The molecule has 12 nitrogen and oxygen atoms in total. The lowest BCUT2D eigenvalue weighted by atomic mass is 9.99. The number of anilines is 3. The number of para-hydroxylation sites is 1. The fraction of sp³-hybridized carbons (Fsp3) is 0.333. The van der Waals surface area contributed by atoms with Crippen molar-refractivity contribution in [3.05, 3.63) is 107 Å². The third-order valence-electron chi connectivity index (χ3n) is 7.89. The zero-order valence-electron chi connectivity index (χ0n) is 29.5. The van der Waals surface area contributed by atoms with Crippen molar-refractivity contribution in [2.75, 3.05) is 30.0 Å². The number of aryl methyl sites for hydroxylation is 2. The summed E-state index contributed by atoms with van der Waals surface area (Å²) in [5.41, 5.74) is 2.95. The lowest BCUT2D eigenvalue weighted by Gasteiger charge is -2.30. The van der Waals surface area contributed by atoms with Crippen LogP contribution in [0.1, 0.15) is 73.8 Å². The molecule has 1 aliphatic heterocycles. The van der Waals surface area contributed by atoms with Crippen LogP contribution in [0.3, 0.4) is 0 Å². The molecular formula is C39H43N5O7. The average molecular weight is 694 g/mol. The number of nitrogens with zero attached hydrogens (tertiary/aromatic N) is 4. The van der Waals surface area contributed by atoms with E-state index in [0.29, 0.717) is 48.0 Å². The van der Waals surface area contributed by atoms with E-state index in [1.54, 1.807) is 51.7 Å². The molecular weight excluding hydrogens is 650 g/mol. The summed E-state index contributed by atoms with van der Waals surface area (Å²) >= 11 is 0. The number of nitrogens with one attached hydrogen (secondary N) is 1. The maximum absolute atomic E-state index is 14.5. The van der Waals surface area contributed by atoms with Crippen LogP contribution < -0.4 is 15.0 Å². The van der Waals surface area contributed by atoms with Crippen LogP contribution in [0.25, 0.3) is 0 Å². The van der Waals surface area contributed by atoms with Gasteiger partial charge in [0.2, 0.25) is 11.8 Å². The van der Waals surface area contributed by atoms with Crippen molar-refractivity contribution in [2.24, 2.45) is 0 Å². The Kier molecular flexibility index (Phi) is 11.7. The Morgan fingerprint density at radius 1 is 0.941 bits per heavy atom. The molecule has 1 atom stereocenters. The summed E-state index contributed by atoms with van der Waals surface area (Å²) in [6.45, 7) is 9.04. The molecule has 4 aromatic rings. The molecule has 1 aromatic heterocycles. The van der Waals surface area contributed by atoms with Gasteiger partial charge >= 0.3 is 12.1 Å². The number of carbonyl (C=O) groups is 4. The third kappa shape index (κ3) is 9.68. The van der Waals surface area contributed by atoms with Crippen molar-refractivity contribution in [2.45, 2.75) is 65.5 Å². The van der Waals surface area contributed by atoms with Crippen molar-refractivity contribution >= 4 is 41.2 Å².